The summed E-state index contributed by atoms with van der Waals surface area (Å²) in [5, 5.41) is 8.16. The monoisotopic (exact) mass is 288 g/mol. The first-order chi connectivity index (χ1) is 10.4. The first-order valence-corrected chi connectivity index (χ1v) is 6.97. The van der Waals surface area contributed by atoms with Crippen LogP contribution in [-0.2, 0) is 11.3 Å². The predicted molar refractivity (Wildman–Crippen MR) is 73.1 cm³/mol. The van der Waals surface area contributed by atoms with Crippen LogP contribution >= 0.6 is 0 Å². The van der Waals surface area contributed by atoms with Gasteiger partial charge in [-0.1, -0.05) is 5.21 Å². The fraction of sp³-hybridized carbons (Fsp3) is 0.538. The van der Waals surface area contributed by atoms with Gasteiger partial charge in [0.05, 0.1) is 37.8 Å². The molecule has 2 aliphatic heterocycles. The summed E-state index contributed by atoms with van der Waals surface area (Å²) in [5.74, 6) is 1.32. The molecule has 0 aromatic carbocycles. The summed E-state index contributed by atoms with van der Waals surface area (Å²) in [5.41, 5.74) is 1.04. The largest absolute Gasteiger partial charge is 0.478 e. The predicted octanol–water partition coefficient (Wildman–Crippen LogP) is 0.427. The van der Waals surface area contributed by atoms with Crippen LogP contribution in [0.1, 0.15) is 18.2 Å². The van der Waals surface area contributed by atoms with Gasteiger partial charge in [0.1, 0.15) is 0 Å². The second-order valence-electron chi connectivity index (χ2n) is 5.21. The minimum absolute atomic E-state index is 0.0830. The average Bonchev–Trinajstić information content (AvgIpc) is 3.03. The normalized spacial score (nSPS) is 24.3. The zero-order chi connectivity index (χ0) is 14.2. The number of anilines is 1. The van der Waals surface area contributed by atoms with Gasteiger partial charge in [-0.2, -0.15) is 0 Å². The van der Waals surface area contributed by atoms with Crippen molar-refractivity contribution in [2.45, 2.75) is 25.2 Å². The number of rotatable bonds is 2. The Morgan fingerprint density at radius 2 is 2.24 bits per heavy atom. The van der Waals surface area contributed by atoms with Gasteiger partial charge in [0.25, 0.3) is 5.88 Å². The van der Waals surface area contributed by atoms with Crippen molar-refractivity contribution < 1.29 is 9.47 Å². The van der Waals surface area contributed by atoms with Crippen LogP contribution in [0.5, 0.6) is 5.88 Å². The van der Waals surface area contributed by atoms with Gasteiger partial charge in [0, 0.05) is 25.5 Å². The van der Waals surface area contributed by atoms with Crippen molar-refractivity contribution in [3.05, 3.63) is 24.3 Å². The third-order valence-corrected chi connectivity index (χ3v) is 4.07. The lowest BCUT2D eigenvalue weighted by atomic mass is 10.0. The van der Waals surface area contributed by atoms with Gasteiger partial charge in [0.2, 0.25) is 0 Å². The highest BCUT2D eigenvalue weighted by Crippen LogP contribution is 2.33. The van der Waals surface area contributed by atoms with Gasteiger partial charge < -0.3 is 14.4 Å². The van der Waals surface area contributed by atoms with Crippen LogP contribution < -0.4 is 9.64 Å². The van der Waals surface area contributed by atoms with Crippen molar-refractivity contribution in [1.29, 1.82) is 0 Å². The van der Waals surface area contributed by atoms with Crippen molar-refractivity contribution in [3.8, 4) is 5.88 Å². The minimum atomic E-state index is 0.0830. The molecule has 0 saturated carbocycles. The van der Waals surface area contributed by atoms with Crippen molar-refractivity contribution in [2.75, 3.05) is 25.1 Å². The van der Waals surface area contributed by atoms with E-state index in [4.69, 9.17) is 9.47 Å². The molecule has 0 aliphatic carbocycles. The zero-order valence-electron chi connectivity index (χ0n) is 11.7. The molecule has 0 N–H and O–H groups in total. The maximum atomic E-state index is 5.96. The number of hydrogen-bond donors (Lipinski definition) is 0. The fourth-order valence-corrected chi connectivity index (χ4v) is 3.06. The number of piperidine rings is 1. The molecule has 2 atom stereocenters. The number of nitrogens with zero attached hydrogens (tertiary/aromatic N) is 6. The van der Waals surface area contributed by atoms with Crippen molar-refractivity contribution >= 4 is 5.82 Å². The SMILES string of the molecule is COc1nccnc1N1CC[C@H]2[C@H](C1)OCc1cnnn12. The quantitative estimate of drug-likeness (QED) is 0.792. The third-order valence-electron chi connectivity index (χ3n) is 4.07. The number of methoxy groups -OCH3 is 1. The van der Waals surface area contributed by atoms with E-state index in [1.807, 2.05) is 4.68 Å². The molecule has 21 heavy (non-hydrogen) atoms. The molecule has 0 bridgehead atoms. The number of aromatic nitrogens is 5. The molecule has 110 valence electrons. The van der Waals surface area contributed by atoms with E-state index in [1.165, 1.54) is 0 Å². The number of ether oxygens (including phenoxy) is 2. The Morgan fingerprint density at radius 3 is 3.14 bits per heavy atom. The Balaban J connectivity index is 1.58. The Kier molecular flexibility index (Phi) is 2.95. The van der Waals surface area contributed by atoms with Gasteiger partial charge >= 0.3 is 0 Å². The van der Waals surface area contributed by atoms with Crippen LogP contribution in [0.15, 0.2) is 18.6 Å². The molecular formula is C13H16N6O2. The number of fused-ring (bicyclic) bond motifs is 3. The van der Waals surface area contributed by atoms with Crippen molar-refractivity contribution in [2.24, 2.45) is 0 Å². The molecule has 8 heteroatoms. The first-order valence-electron chi connectivity index (χ1n) is 6.97. The summed E-state index contributed by atoms with van der Waals surface area (Å²) in [6, 6.07) is 0.246. The highest BCUT2D eigenvalue weighted by Gasteiger charge is 2.37. The second-order valence-corrected chi connectivity index (χ2v) is 5.21. The van der Waals surface area contributed by atoms with E-state index in [0.29, 0.717) is 12.5 Å². The van der Waals surface area contributed by atoms with Crippen LogP contribution in [0.2, 0.25) is 0 Å². The molecule has 2 aliphatic rings. The van der Waals surface area contributed by atoms with Crippen LogP contribution in [0.3, 0.4) is 0 Å². The van der Waals surface area contributed by atoms with Gasteiger partial charge in [-0.15, -0.1) is 5.10 Å². The third kappa shape index (κ3) is 2.02. The average molecular weight is 288 g/mol. The Morgan fingerprint density at radius 1 is 1.33 bits per heavy atom. The summed E-state index contributed by atoms with van der Waals surface area (Å²) in [6.07, 6.45) is 6.10. The maximum Gasteiger partial charge on any atom is 0.257 e. The summed E-state index contributed by atoms with van der Waals surface area (Å²) >= 11 is 0. The van der Waals surface area contributed by atoms with Gasteiger partial charge in [-0.25, -0.2) is 14.6 Å². The van der Waals surface area contributed by atoms with Gasteiger partial charge in [-0.3, -0.25) is 0 Å². The summed E-state index contributed by atoms with van der Waals surface area (Å²) < 4.78 is 13.3. The van der Waals surface area contributed by atoms with E-state index < -0.39 is 0 Å². The molecule has 0 unspecified atom stereocenters. The van der Waals surface area contributed by atoms with Gasteiger partial charge in [0.15, 0.2) is 5.82 Å². The lowest BCUT2D eigenvalue weighted by Crippen LogP contribution is -2.49. The van der Waals surface area contributed by atoms with Gasteiger partial charge in [-0.05, 0) is 6.42 Å². The topological polar surface area (TPSA) is 78.2 Å². The maximum absolute atomic E-state index is 5.96. The number of hydrogen-bond acceptors (Lipinski definition) is 7. The highest BCUT2D eigenvalue weighted by atomic mass is 16.5. The lowest BCUT2D eigenvalue weighted by molar-refractivity contribution is -0.0335. The molecule has 0 amide bonds. The molecule has 8 nitrogen and oxygen atoms in total. The standard InChI is InChI=1S/C13H16N6O2/c1-20-13-12(14-3-4-15-13)18-5-2-10-11(7-18)21-8-9-6-16-17-19(9)10/h3-4,6,10-11H,2,5,7-8H2,1H3/t10-,11-/m0/s1. The molecule has 4 heterocycles. The zero-order valence-corrected chi connectivity index (χ0v) is 11.7. The summed E-state index contributed by atoms with van der Waals surface area (Å²) in [4.78, 5) is 10.8. The molecule has 1 saturated heterocycles. The molecule has 2 aromatic rings. The summed E-state index contributed by atoms with van der Waals surface area (Å²) in [6.45, 7) is 2.16. The molecule has 4 rings (SSSR count). The fourth-order valence-electron chi connectivity index (χ4n) is 3.06. The molecular weight excluding hydrogens is 272 g/mol. The van der Waals surface area contributed by atoms with Crippen LogP contribution in [0.25, 0.3) is 0 Å². The highest BCUT2D eigenvalue weighted by molar-refractivity contribution is 5.48. The van der Waals surface area contributed by atoms with Crippen molar-refractivity contribution in [1.82, 2.24) is 25.0 Å². The lowest BCUT2D eigenvalue weighted by Gasteiger charge is -2.41. The van der Waals surface area contributed by atoms with E-state index in [-0.39, 0.29) is 12.1 Å². The van der Waals surface area contributed by atoms with Crippen molar-refractivity contribution in [3.63, 3.8) is 0 Å². The molecule has 0 radical (unpaired) electrons. The van der Waals surface area contributed by atoms with E-state index in [1.54, 1.807) is 25.7 Å². The molecule has 1 fully saturated rings. The van der Waals surface area contributed by atoms with E-state index in [0.717, 1.165) is 31.0 Å². The van der Waals surface area contributed by atoms with Crippen LogP contribution in [-0.4, -0.2) is 51.3 Å². The Hall–Kier alpha value is -2.22. The Labute approximate surface area is 121 Å². The van der Waals surface area contributed by atoms with Crippen LogP contribution in [0, 0.1) is 0 Å². The second kappa shape index (κ2) is 4.96. The summed E-state index contributed by atoms with van der Waals surface area (Å²) in [7, 11) is 1.61. The van der Waals surface area contributed by atoms with E-state index in [2.05, 4.69) is 25.2 Å². The minimum Gasteiger partial charge on any atom is -0.478 e. The van der Waals surface area contributed by atoms with Crippen LogP contribution in [0.4, 0.5) is 5.82 Å². The van der Waals surface area contributed by atoms with E-state index >= 15 is 0 Å². The molecule has 2 aromatic heterocycles. The molecule has 0 spiro atoms. The first kappa shape index (κ1) is 12.5. The Bertz CT molecular complexity index is 645. The van der Waals surface area contributed by atoms with E-state index in [9.17, 15) is 0 Å². The smallest absolute Gasteiger partial charge is 0.257 e.